The normalized spacial score (nSPS) is 9.70. The van der Waals surface area contributed by atoms with E-state index in [0.29, 0.717) is 6.54 Å². The van der Waals surface area contributed by atoms with Gasteiger partial charge in [0.1, 0.15) is 5.82 Å². The number of hydrogen-bond acceptors (Lipinski definition) is 3. The predicted molar refractivity (Wildman–Crippen MR) is 69.1 cm³/mol. The molecule has 0 aliphatic heterocycles. The first-order valence-electron chi connectivity index (χ1n) is 5.78. The zero-order valence-electron chi connectivity index (χ0n) is 10.7. The molecule has 0 radical (unpaired) electrons. The lowest BCUT2D eigenvalue weighted by molar-refractivity contribution is -0.119. The van der Waals surface area contributed by atoms with Gasteiger partial charge in [0.25, 0.3) is 0 Å². The van der Waals surface area contributed by atoms with Gasteiger partial charge < -0.3 is 21.1 Å². The highest BCUT2D eigenvalue weighted by molar-refractivity contribution is 6.00. The molecule has 3 amide bonds. The van der Waals surface area contributed by atoms with Crippen molar-refractivity contribution >= 4 is 23.6 Å². The van der Waals surface area contributed by atoms with Gasteiger partial charge in [-0.3, -0.25) is 4.79 Å². The van der Waals surface area contributed by atoms with Crippen molar-refractivity contribution in [3.63, 3.8) is 0 Å². The molecule has 0 aliphatic rings. The van der Waals surface area contributed by atoms with Crippen LogP contribution in [-0.2, 0) is 4.79 Å². The summed E-state index contributed by atoms with van der Waals surface area (Å²) in [5.74, 6) is -2.38. The number of amides is 3. The zero-order valence-corrected chi connectivity index (χ0v) is 10.7. The second-order valence-corrected chi connectivity index (χ2v) is 3.76. The number of benzene rings is 1. The third kappa shape index (κ3) is 4.56. The second kappa shape index (κ2) is 7.07. The predicted octanol–water partition coefficient (Wildman–Crippen LogP) is 0.781. The van der Waals surface area contributed by atoms with Crippen LogP contribution in [0.25, 0.3) is 0 Å². The molecular weight excluding hydrogens is 269 g/mol. The van der Waals surface area contributed by atoms with Crippen LogP contribution in [0.2, 0.25) is 0 Å². The van der Waals surface area contributed by atoms with E-state index in [9.17, 15) is 18.8 Å². The van der Waals surface area contributed by atoms with Crippen LogP contribution in [0.3, 0.4) is 0 Å². The van der Waals surface area contributed by atoms with E-state index in [2.05, 4.69) is 16.0 Å². The van der Waals surface area contributed by atoms with E-state index in [1.165, 1.54) is 0 Å². The van der Waals surface area contributed by atoms with Crippen molar-refractivity contribution in [2.24, 2.45) is 0 Å². The van der Waals surface area contributed by atoms with Crippen molar-refractivity contribution in [1.29, 1.82) is 0 Å². The van der Waals surface area contributed by atoms with Gasteiger partial charge in [0, 0.05) is 6.54 Å². The molecule has 1 rings (SSSR count). The number of carbonyl (C=O) groups is 3. The fraction of sp³-hybridized carbons (Fsp3) is 0.250. The molecule has 4 N–H and O–H groups in total. The number of carboxylic acid groups (broad SMARTS) is 1. The first-order chi connectivity index (χ1) is 9.43. The van der Waals surface area contributed by atoms with E-state index < -0.39 is 17.8 Å². The lowest BCUT2D eigenvalue weighted by atomic mass is 10.2. The summed E-state index contributed by atoms with van der Waals surface area (Å²) in [4.78, 5) is 33.5. The van der Waals surface area contributed by atoms with Crippen LogP contribution in [0.5, 0.6) is 0 Å². The number of urea groups is 1. The van der Waals surface area contributed by atoms with Crippen LogP contribution in [0.4, 0.5) is 14.9 Å². The molecule has 0 aromatic heterocycles. The number of anilines is 1. The summed E-state index contributed by atoms with van der Waals surface area (Å²) in [6.45, 7) is 1.89. The van der Waals surface area contributed by atoms with Crippen LogP contribution < -0.4 is 16.0 Å². The molecule has 0 saturated carbocycles. The van der Waals surface area contributed by atoms with Crippen LogP contribution in [0, 0.1) is 5.82 Å². The molecule has 0 heterocycles. The van der Waals surface area contributed by atoms with Crippen LogP contribution in [-0.4, -0.2) is 36.1 Å². The first kappa shape index (κ1) is 15.4. The molecule has 0 saturated heterocycles. The minimum atomic E-state index is -1.30. The Morgan fingerprint density at radius 2 is 1.95 bits per heavy atom. The highest BCUT2D eigenvalue weighted by Gasteiger charge is 2.13. The SMILES string of the molecule is CCNC(=O)CNC(=O)Nc1cc(F)ccc1C(=O)O. The van der Waals surface area contributed by atoms with Crippen molar-refractivity contribution in [3.05, 3.63) is 29.6 Å². The van der Waals surface area contributed by atoms with E-state index in [1.54, 1.807) is 6.92 Å². The molecule has 0 fully saturated rings. The molecule has 1 aromatic carbocycles. The maximum atomic E-state index is 13.0. The van der Waals surface area contributed by atoms with Crippen molar-refractivity contribution in [2.75, 3.05) is 18.4 Å². The minimum absolute atomic E-state index is 0.189. The lowest BCUT2D eigenvalue weighted by Gasteiger charge is -2.10. The highest BCUT2D eigenvalue weighted by Crippen LogP contribution is 2.17. The summed E-state index contributed by atoms with van der Waals surface area (Å²) in [6.07, 6.45) is 0. The van der Waals surface area contributed by atoms with E-state index >= 15 is 0 Å². The average Bonchev–Trinajstić information content (AvgIpc) is 2.36. The summed E-state index contributed by atoms with van der Waals surface area (Å²) in [7, 11) is 0. The molecule has 0 atom stereocenters. The van der Waals surface area contributed by atoms with Gasteiger partial charge in [-0.15, -0.1) is 0 Å². The molecule has 1 aromatic rings. The molecule has 0 spiro atoms. The molecule has 8 heteroatoms. The van der Waals surface area contributed by atoms with Gasteiger partial charge in [-0.25, -0.2) is 14.0 Å². The summed E-state index contributed by atoms with van der Waals surface area (Å²) in [5, 5.41) is 15.8. The molecule has 20 heavy (non-hydrogen) atoms. The van der Waals surface area contributed by atoms with Crippen LogP contribution in [0.1, 0.15) is 17.3 Å². The van der Waals surface area contributed by atoms with E-state index in [1.807, 2.05) is 0 Å². The summed E-state index contributed by atoms with van der Waals surface area (Å²) < 4.78 is 13.0. The Labute approximate surface area is 114 Å². The summed E-state index contributed by atoms with van der Waals surface area (Å²) >= 11 is 0. The molecule has 0 aliphatic carbocycles. The highest BCUT2D eigenvalue weighted by atomic mass is 19.1. The number of carboxylic acids is 1. The fourth-order valence-electron chi connectivity index (χ4n) is 1.39. The Morgan fingerprint density at radius 3 is 2.55 bits per heavy atom. The Morgan fingerprint density at radius 1 is 1.25 bits per heavy atom. The first-order valence-corrected chi connectivity index (χ1v) is 5.78. The Hall–Kier alpha value is -2.64. The third-order valence-corrected chi connectivity index (χ3v) is 2.24. The van der Waals surface area contributed by atoms with Crippen molar-refractivity contribution in [1.82, 2.24) is 10.6 Å². The number of halogens is 1. The second-order valence-electron chi connectivity index (χ2n) is 3.76. The van der Waals surface area contributed by atoms with E-state index in [0.717, 1.165) is 18.2 Å². The number of aromatic carboxylic acids is 1. The smallest absolute Gasteiger partial charge is 0.337 e. The monoisotopic (exact) mass is 283 g/mol. The molecule has 7 nitrogen and oxygen atoms in total. The standard InChI is InChI=1S/C12H14FN3O4/c1-2-14-10(17)6-15-12(20)16-9-5-7(13)3-4-8(9)11(18)19/h3-5H,2,6H2,1H3,(H,14,17)(H,18,19)(H2,15,16,20). The fourth-order valence-corrected chi connectivity index (χ4v) is 1.39. The number of rotatable bonds is 5. The Balaban J connectivity index is 2.68. The Kier molecular flexibility index (Phi) is 5.45. The maximum Gasteiger partial charge on any atom is 0.337 e. The molecule has 108 valence electrons. The quantitative estimate of drug-likeness (QED) is 0.640. The largest absolute Gasteiger partial charge is 0.478 e. The van der Waals surface area contributed by atoms with Gasteiger partial charge in [-0.2, -0.15) is 0 Å². The van der Waals surface area contributed by atoms with Gasteiger partial charge in [0.2, 0.25) is 5.91 Å². The van der Waals surface area contributed by atoms with Crippen molar-refractivity contribution in [2.45, 2.75) is 6.92 Å². The van der Waals surface area contributed by atoms with Gasteiger partial charge >= 0.3 is 12.0 Å². The number of likely N-dealkylation sites (N-methyl/N-ethyl adjacent to an activating group) is 1. The van der Waals surface area contributed by atoms with Gasteiger partial charge in [0.15, 0.2) is 0 Å². The molecular formula is C12H14FN3O4. The summed E-state index contributed by atoms with van der Waals surface area (Å²) in [6, 6.07) is 2.09. The number of nitrogens with one attached hydrogen (secondary N) is 3. The van der Waals surface area contributed by atoms with E-state index in [-0.39, 0.29) is 23.7 Å². The zero-order chi connectivity index (χ0) is 15.1. The molecule has 0 unspecified atom stereocenters. The third-order valence-electron chi connectivity index (χ3n) is 2.24. The van der Waals surface area contributed by atoms with Crippen LogP contribution in [0.15, 0.2) is 18.2 Å². The maximum absolute atomic E-state index is 13.0. The van der Waals surface area contributed by atoms with Crippen molar-refractivity contribution < 1.29 is 23.9 Å². The van der Waals surface area contributed by atoms with Crippen LogP contribution >= 0.6 is 0 Å². The number of carbonyl (C=O) groups excluding carboxylic acids is 2. The molecule has 0 bridgehead atoms. The topological polar surface area (TPSA) is 108 Å². The minimum Gasteiger partial charge on any atom is -0.478 e. The van der Waals surface area contributed by atoms with Crippen molar-refractivity contribution in [3.8, 4) is 0 Å². The van der Waals surface area contributed by atoms with Gasteiger partial charge in [-0.1, -0.05) is 0 Å². The number of hydrogen-bond donors (Lipinski definition) is 4. The Bertz CT molecular complexity index is 533. The average molecular weight is 283 g/mol. The van der Waals surface area contributed by atoms with Gasteiger partial charge in [0.05, 0.1) is 17.8 Å². The summed E-state index contributed by atoms with van der Waals surface area (Å²) in [5.41, 5.74) is -0.439. The van der Waals surface area contributed by atoms with E-state index in [4.69, 9.17) is 5.11 Å². The van der Waals surface area contributed by atoms with Gasteiger partial charge in [-0.05, 0) is 25.1 Å². The lowest BCUT2D eigenvalue weighted by Crippen LogP contribution is -2.39.